The summed E-state index contributed by atoms with van der Waals surface area (Å²) in [4.78, 5) is 18.0. The van der Waals surface area contributed by atoms with Gasteiger partial charge in [-0.05, 0) is 62.1 Å². The number of methoxy groups -OCH3 is 2. The predicted octanol–water partition coefficient (Wildman–Crippen LogP) is 4.38. The molecule has 2 aliphatic rings. The van der Waals surface area contributed by atoms with Crippen LogP contribution < -0.4 is 9.47 Å². The van der Waals surface area contributed by atoms with Crippen LogP contribution in [0.25, 0.3) is 0 Å². The molecule has 1 fully saturated rings. The highest BCUT2D eigenvalue weighted by atomic mass is 16.5. The lowest BCUT2D eigenvalue weighted by Gasteiger charge is -2.41. The van der Waals surface area contributed by atoms with Gasteiger partial charge in [-0.2, -0.15) is 0 Å². The van der Waals surface area contributed by atoms with Crippen molar-refractivity contribution >= 4 is 5.91 Å². The Bertz CT molecular complexity index is 918. The third-order valence-corrected chi connectivity index (χ3v) is 6.83. The molecule has 0 saturated carbocycles. The Morgan fingerprint density at radius 1 is 0.970 bits per heavy atom. The number of hydrogen-bond acceptors (Lipinski definition) is 5. The molecule has 33 heavy (non-hydrogen) atoms. The fraction of sp³-hybridized carbons (Fsp3) is 0.519. The standard InChI is InChI=1S/C27H36N2O4/c1-31-22-10-7-9-21(19-22)20-28-15-6-5-12-24-26(32-2)14-8-16-29(24)27(30)23-11-3-4-13-25(23)33-18-17-28/h3-4,7,9-11,13,19,24,26H,5-6,8,12,14-18,20H2,1-2H3/t24-,26-/m1/s1. The summed E-state index contributed by atoms with van der Waals surface area (Å²) in [6, 6.07) is 16.0. The lowest BCUT2D eigenvalue weighted by molar-refractivity contribution is -0.0155. The number of nitrogens with zero attached hydrogens (tertiary/aromatic N) is 2. The van der Waals surface area contributed by atoms with Gasteiger partial charge in [-0.15, -0.1) is 0 Å². The molecule has 0 N–H and O–H groups in total. The van der Waals surface area contributed by atoms with E-state index in [-0.39, 0.29) is 18.1 Å². The number of carbonyl (C=O) groups is 1. The van der Waals surface area contributed by atoms with E-state index < -0.39 is 0 Å². The summed E-state index contributed by atoms with van der Waals surface area (Å²) in [5, 5.41) is 0. The Morgan fingerprint density at radius 3 is 2.70 bits per heavy atom. The van der Waals surface area contributed by atoms with E-state index in [4.69, 9.17) is 14.2 Å². The summed E-state index contributed by atoms with van der Waals surface area (Å²) in [6.45, 7) is 3.95. The van der Waals surface area contributed by atoms with Crippen LogP contribution in [0.15, 0.2) is 48.5 Å². The highest BCUT2D eigenvalue weighted by Gasteiger charge is 2.35. The molecule has 0 bridgehead atoms. The molecule has 4 rings (SSSR count). The van der Waals surface area contributed by atoms with Gasteiger partial charge in [0, 0.05) is 26.7 Å². The van der Waals surface area contributed by atoms with Gasteiger partial charge >= 0.3 is 0 Å². The molecule has 0 spiro atoms. The van der Waals surface area contributed by atoms with E-state index in [9.17, 15) is 4.79 Å². The first-order valence-electron chi connectivity index (χ1n) is 12.1. The zero-order valence-corrected chi connectivity index (χ0v) is 19.9. The molecule has 6 nitrogen and oxygen atoms in total. The molecule has 0 aromatic heterocycles. The highest BCUT2D eigenvalue weighted by Crippen LogP contribution is 2.29. The average Bonchev–Trinajstić information content (AvgIpc) is 2.86. The number of para-hydroxylation sites is 1. The summed E-state index contributed by atoms with van der Waals surface area (Å²) in [7, 11) is 3.47. The number of carbonyl (C=O) groups excluding carboxylic acids is 1. The summed E-state index contributed by atoms with van der Waals surface area (Å²) in [5.74, 6) is 1.61. The minimum atomic E-state index is 0.0600. The Kier molecular flexibility index (Phi) is 8.24. The topological polar surface area (TPSA) is 51.2 Å². The van der Waals surface area contributed by atoms with E-state index in [1.165, 1.54) is 5.56 Å². The van der Waals surface area contributed by atoms with Crippen molar-refractivity contribution in [1.29, 1.82) is 0 Å². The molecule has 0 radical (unpaired) electrons. The van der Waals surface area contributed by atoms with Gasteiger partial charge in [0.25, 0.3) is 5.91 Å². The zero-order valence-electron chi connectivity index (χ0n) is 19.9. The number of hydrogen-bond donors (Lipinski definition) is 0. The zero-order chi connectivity index (χ0) is 23.0. The number of fused-ring (bicyclic) bond motifs is 2. The van der Waals surface area contributed by atoms with E-state index in [1.54, 1.807) is 14.2 Å². The Labute approximate surface area is 197 Å². The number of rotatable bonds is 4. The molecular weight excluding hydrogens is 416 g/mol. The first-order chi connectivity index (χ1) is 16.2. The number of benzene rings is 2. The molecule has 2 aliphatic heterocycles. The molecule has 1 amide bonds. The Hall–Kier alpha value is -2.57. The van der Waals surface area contributed by atoms with Crippen molar-refractivity contribution in [3.05, 3.63) is 59.7 Å². The van der Waals surface area contributed by atoms with Crippen LogP contribution in [-0.4, -0.2) is 68.3 Å². The monoisotopic (exact) mass is 452 g/mol. The minimum Gasteiger partial charge on any atom is -0.497 e. The smallest absolute Gasteiger partial charge is 0.257 e. The second kappa shape index (κ2) is 11.5. The fourth-order valence-corrected chi connectivity index (χ4v) is 5.09. The van der Waals surface area contributed by atoms with Gasteiger partial charge in [0.2, 0.25) is 0 Å². The summed E-state index contributed by atoms with van der Waals surface area (Å²) in [5.41, 5.74) is 1.88. The molecular formula is C27H36N2O4. The normalized spacial score (nSPS) is 22.7. The quantitative estimate of drug-likeness (QED) is 0.689. The summed E-state index contributed by atoms with van der Waals surface area (Å²) in [6.07, 6.45) is 5.16. The Morgan fingerprint density at radius 2 is 1.85 bits per heavy atom. The molecule has 6 heteroatoms. The number of amides is 1. The maximum Gasteiger partial charge on any atom is 0.257 e. The minimum absolute atomic E-state index is 0.0600. The maximum absolute atomic E-state index is 13.6. The van der Waals surface area contributed by atoms with Gasteiger partial charge in [-0.25, -0.2) is 0 Å². The van der Waals surface area contributed by atoms with Crippen molar-refractivity contribution in [2.75, 3.05) is 40.5 Å². The molecule has 0 unspecified atom stereocenters. The van der Waals surface area contributed by atoms with Crippen molar-refractivity contribution < 1.29 is 19.0 Å². The average molecular weight is 453 g/mol. The van der Waals surface area contributed by atoms with Crippen LogP contribution in [0.2, 0.25) is 0 Å². The van der Waals surface area contributed by atoms with Gasteiger partial charge in [-0.3, -0.25) is 9.69 Å². The van der Waals surface area contributed by atoms with Gasteiger partial charge in [-0.1, -0.05) is 30.7 Å². The second-order valence-electron chi connectivity index (χ2n) is 8.95. The van der Waals surface area contributed by atoms with Crippen molar-refractivity contribution in [2.45, 2.75) is 50.8 Å². The van der Waals surface area contributed by atoms with E-state index in [2.05, 4.69) is 17.0 Å². The van der Waals surface area contributed by atoms with Crippen LogP contribution >= 0.6 is 0 Å². The largest absolute Gasteiger partial charge is 0.497 e. The second-order valence-corrected chi connectivity index (χ2v) is 8.95. The van der Waals surface area contributed by atoms with Gasteiger partial charge in [0.15, 0.2) is 0 Å². The SMILES string of the molecule is COc1cccc(CN2CCCC[C@@H]3[C@H](OC)CCCN3C(=O)c3ccccc3OCC2)c1. The molecule has 2 atom stereocenters. The van der Waals surface area contributed by atoms with E-state index >= 15 is 0 Å². The predicted molar refractivity (Wildman–Crippen MR) is 129 cm³/mol. The van der Waals surface area contributed by atoms with Crippen LogP contribution in [0.5, 0.6) is 11.5 Å². The van der Waals surface area contributed by atoms with Crippen LogP contribution in [0.3, 0.4) is 0 Å². The van der Waals surface area contributed by atoms with Crippen LogP contribution in [0, 0.1) is 0 Å². The fourth-order valence-electron chi connectivity index (χ4n) is 5.09. The lowest BCUT2D eigenvalue weighted by Crippen LogP contribution is -2.51. The third-order valence-electron chi connectivity index (χ3n) is 6.83. The molecule has 0 aliphatic carbocycles. The van der Waals surface area contributed by atoms with Crippen molar-refractivity contribution in [2.24, 2.45) is 0 Å². The van der Waals surface area contributed by atoms with Crippen molar-refractivity contribution in [3.8, 4) is 11.5 Å². The third kappa shape index (κ3) is 5.87. The first-order valence-corrected chi connectivity index (χ1v) is 12.1. The Balaban J connectivity index is 1.55. The van der Waals surface area contributed by atoms with E-state index in [1.807, 2.05) is 41.3 Å². The van der Waals surface area contributed by atoms with Crippen molar-refractivity contribution in [1.82, 2.24) is 9.80 Å². The maximum atomic E-state index is 13.6. The number of piperidine rings is 1. The van der Waals surface area contributed by atoms with Crippen LogP contribution in [0.4, 0.5) is 0 Å². The van der Waals surface area contributed by atoms with Crippen LogP contribution in [-0.2, 0) is 11.3 Å². The van der Waals surface area contributed by atoms with E-state index in [0.29, 0.717) is 17.9 Å². The van der Waals surface area contributed by atoms with Crippen molar-refractivity contribution in [3.63, 3.8) is 0 Å². The van der Waals surface area contributed by atoms with Gasteiger partial charge in [0.1, 0.15) is 18.1 Å². The highest BCUT2D eigenvalue weighted by molar-refractivity contribution is 5.97. The summed E-state index contributed by atoms with van der Waals surface area (Å²) < 4.78 is 17.4. The first kappa shape index (κ1) is 23.6. The molecule has 1 saturated heterocycles. The van der Waals surface area contributed by atoms with Crippen LogP contribution in [0.1, 0.15) is 48.0 Å². The number of ether oxygens (including phenoxy) is 3. The molecule has 2 aromatic carbocycles. The molecule has 2 aromatic rings. The van der Waals surface area contributed by atoms with E-state index in [0.717, 1.165) is 64.0 Å². The molecule has 178 valence electrons. The molecule has 2 heterocycles. The van der Waals surface area contributed by atoms with Gasteiger partial charge < -0.3 is 19.1 Å². The lowest BCUT2D eigenvalue weighted by atomic mass is 9.93. The van der Waals surface area contributed by atoms with Gasteiger partial charge in [0.05, 0.1) is 24.8 Å². The summed E-state index contributed by atoms with van der Waals surface area (Å²) >= 11 is 0.